The normalized spacial score (nSPS) is 31.8. The van der Waals surface area contributed by atoms with E-state index in [-0.39, 0.29) is 6.61 Å². The Morgan fingerprint density at radius 2 is 1.61 bits per heavy atom. The highest BCUT2D eigenvalue weighted by Gasteiger charge is 2.45. The van der Waals surface area contributed by atoms with Crippen molar-refractivity contribution in [2.75, 3.05) is 20.8 Å². The lowest BCUT2D eigenvalue weighted by Crippen LogP contribution is -2.57. The Hall–Kier alpha value is -1.18. The van der Waals surface area contributed by atoms with Crippen molar-refractivity contribution in [3.05, 3.63) is 0 Å². The molecule has 0 amide bonds. The first-order valence-electron chi connectivity index (χ1n) is 5.51. The summed E-state index contributed by atoms with van der Waals surface area (Å²) < 4.78 is 25.8. The third kappa shape index (κ3) is 3.66. The first-order valence-corrected chi connectivity index (χ1v) is 5.51. The molecular weight excluding hydrogens is 244 g/mol. The second-order valence-corrected chi connectivity index (χ2v) is 3.86. The summed E-state index contributed by atoms with van der Waals surface area (Å²) in [6.07, 6.45) is -2.79. The molecule has 4 atom stereocenters. The summed E-state index contributed by atoms with van der Waals surface area (Å²) in [5.74, 6) is -0.945. The maximum atomic E-state index is 11.1. The first-order chi connectivity index (χ1) is 8.49. The molecular formula is C11H18O7. The van der Waals surface area contributed by atoms with E-state index < -0.39 is 36.5 Å². The molecule has 4 unspecified atom stereocenters. The van der Waals surface area contributed by atoms with Gasteiger partial charge in [0.1, 0.15) is 6.10 Å². The number of hydrogen-bond donors (Lipinski definition) is 0. The fraction of sp³-hybridized carbons (Fsp3) is 0.818. The van der Waals surface area contributed by atoms with Crippen molar-refractivity contribution in [2.45, 2.75) is 38.4 Å². The van der Waals surface area contributed by atoms with Crippen LogP contribution in [0.3, 0.4) is 0 Å². The van der Waals surface area contributed by atoms with Gasteiger partial charge in [-0.05, 0) is 0 Å². The molecule has 0 saturated carbocycles. The van der Waals surface area contributed by atoms with Gasteiger partial charge < -0.3 is 23.7 Å². The highest BCUT2D eigenvalue weighted by Crippen LogP contribution is 2.23. The van der Waals surface area contributed by atoms with E-state index in [1.54, 1.807) is 0 Å². The summed E-state index contributed by atoms with van der Waals surface area (Å²) in [5.41, 5.74) is 0. The van der Waals surface area contributed by atoms with E-state index in [9.17, 15) is 9.59 Å². The molecule has 7 nitrogen and oxygen atoms in total. The maximum absolute atomic E-state index is 11.1. The summed E-state index contributed by atoms with van der Waals surface area (Å²) >= 11 is 0. The van der Waals surface area contributed by atoms with Gasteiger partial charge in [-0.3, -0.25) is 9.59 Å². The Bertz CT molecular complexity index is 304. The average Bonchev–Trinajstić information content (AvgIpc) is 2.28. The Morgan fingerprint density at radius 1 is 1.00 bits per heavy atom. The Balaban J connectivity index is 2.82. The highest BCUT2D eigenvalue weighted by atomic mass is 16.7. The minimum atomic E-state index is -0.782. The van der Waals surface area contributed by atoms with Gasteiger partial charge in [0.25, 0.3) is 0 Å². The van der Waals surface area contributed by atoms with Crippen LogP contribution < -0.4 is 0 Å². The number of carbonyl (C=O) groups is 2. The van der Waals surface area contributed by atoms with Crippen molar-refractivity contribution in [3.8, 4) is 0 Å². The van der Waals surface area contributed by atoms with Crippen LogP contribution in [0.2, 0.25) is 0 Å². The predicted octanol–water partition coefficient (Wildman–Crippen LogP) is -0.133. The third-order valence-corrected chi connectivity index (χ3v) is 2.51. The Kier molecular flexibility index (Phi) is 5.52. The van der Waals surface area contributed by atoms with Crippen molar-refractivity contribution >= 4 is 11.9 Å². The highest BCUT2D eigenvalue weighted by molar-refractivity contribution is 5.67. The van der Waals surface area contributed by atoms with E-state index in [1.807, 2.05) is 0 Å². The molecule has 0 N–H and O–H groups in total. The van der Waals surface area contributed by atoms with Gasteiger partial charge in [-0.1, -0.05) is 0 Å². The van der Waals surface area contributed by atoms with Gasteiger partial charge in [0.2, 0.25) is 0 Å². The minimum absolute atomic E-state index is 0.119. The van der Waals surface area contributed by atoms with Crippen LogP contribution in [0.25, 0.3) is 0 Å². The van der Waals surface area contributed by atoms with Gasteiger partial charge >= 0.3 is 11.9 Å². The quantitative estimate of drug-likeness (QED) is 0.653. The molecule has 1 saturated heterocycles. The van der Waals surface area contributed by atoms with E-state index >= 15 is 0 Å². The lowest BCUT2D eigenvalue weighted by Gasteiger charge is -2.39. The molecule has 18 heavy (non-hydrogen) atoms. The zero-order chi connectivity index (χ0) is 13.7. The zero-order valence-corrected chi connectivity index (χ0v) is 10.9. The van der Waals surface area contributed by atoms with Crippen LogP contribution in [0, 0.1) is 0 Å². The van der Waals surface area contributed by atoms with Crippen LogP contribution in [0.1, 0.15) is 13.8 Å². The molecule has 1 aliphatic rings. The van der Waals surface area contributed by atoms with Crippen molar-refractivity contribution in [1.29, 1.82) is 0 Å². The summed E-state index contributed by atoms with van der Waals surface area (Å²) in [7, 11) is 2.87. The van der Waals surface area contributed by atoms with E-state index in [1.165, 1.54) is 28.1 Å². The number of methoxy groups -OCH3 is 2. The third-order valence-electron chi connectivity index (χ3n) is 2.51. The molecule has 1 heterocycles. The van der Waals surface area contributed by atoms with Crippen LogP contribution >= 0.6 is 0 Å². The van der Waals surface area contributed by atoms with E-state index in [0.29, 0.717) is 0 Å². The topological polar surface area (TPSA) is 80.3 Å². The summed E-state index contributed by atoms with van der Waals surface area (Å²) in [5, 5.41) is 0. The van der Waals surface area contributed by atoms with Crippen LogP contribution in [-0.2, 0) is 33.3 Å². The molecule has 7 heteroatoms. The minimum Gasteiger partial charge on any atom is -0.457 e. The zero-order valence-electron chi connectivity index (χ0n) is 10.9. The predicted molar refractivity (Wildman–Crippen MR) is 58.7 cm³/mol. The lowest BCUT2D eigenvalue weighted by atomic mass is 10.0. The van der Waals surface area contributed by atoms with E-state index in [4.69, 9.17) is 23.7 Å². The van der Waals surface area contributed by atoms with Crippen LogP contribution in [-0.4, -0.2) is 57.4 Å². The molecule has 0 aliphatic carbocycles. The summed E-state index contributed by atoms with van der Waals surface area (Å²) in [6.45, 7) is 2.68. The van der Waals surface area contributed by atoms with Crippen molar-refractivity contribution in [2.24, 2.45) is 0 Å². The van der Waals surface area contributed by atoms with Crippen LogP contribution in [0.4, 0.5) is 0 Å². The van der Waals surface area contributed by atoms with Crippen molar-refractivity contribution in [1.82, 2.24) is 0 Å². The summed E-state index contributed by atoms with van der Waals surface area (Å²) in [6, 6.07) is 0. The number of ether oxygens (including phenoxy) is 5. The smallest absolute Gasteiger partial charge is 0.303 e. The van der Waals surface area contributed by atoms with Gasteiger partial charge in [-0.15, -0.1) is 0 Å². The largest absolute Gasteiger partial charge is 0.457 e. The summed E-state index contributed by atoms with van der Waals surface area (Å²) in [4.78, 5) is 22.0. The van der Waals surface area contributed by atoms with Gasteiger partial charge in [0, 0.05) is 28.1 Å². The van der Waals surface area contributed by atoms with Gasteiger partial charge in [-0.25, -0.2) is 0 Å². The van der Waals surface area contributed by atoms with Crippen LogP contribution in [0.15, 0.2) is 0 Å². The lowest BCUT2D eigenvalue weighted by molar-refractivity contribution is -0.274. The maximum Gasteiger partial charge on any atom is 0.303 e. The average molecular weight is 262 g/mol. The molecule has 0 bridgehead atoms. The SMILES string of the molecule is COC1OCC(OC(C)=O)C(OC)C1OC(C)=O. The molecule has 0 spiro atoms. The fourth-order valence-electron chi connectivity index (χ4n) is 1.86. The van der Waals surface area contributed by atoms with Crippen molar-refractivity contribution in [3.63, 3.8) is 0 Å². The van der Waals surface area contributed by atoms with Crippen molar-refractivity contribution < 1.29 is 33.3 Å². The van der Waals surface area contributed by atoms with Gasteiger partial charge in [0.05, 0.1) is 6.61 Å². The molecule has 1 rings (SSSR count). The number of carbonyl (C=O) groups excluding carboxylic acids is 2. The van der Waals surface area contributed by atoms with Gasteiger partial charge in [-0.2, -0.15) is 0 Å². The fourth-order valence-corrected chi connectivity index (χ4v) is 1.86. The monoisotopic (exact) mass is 262 g/mol. The van der Waals surface area contributed by atoms with Gasteiger partial charge in [0.15, 0.2) is 18.5 Å². The second kappa shape index (κ2) is 6.67. The Morgan fingerprint density at radius 3 is 2.06 bits per heavy atom. The Labute approximate surface area is 105 Å². The molecule has 0 radical (unpaired) electrons. The number of rotatable bonds is 4. The number of hydrogen-bond acceptors (Lipinski definition) is 7. The second-order valence-electron chi connectivity index (χ2n) is 3.86. The molecule has 0 aromatic carbocycles. The standard InChI is InChI=1S/C11H18O7/c1-6(12)17-8-5-16-11(15-4)10(9(8)14-3)18-7(2)13/h8-11H,5H2,1-4H3. The van der Waals surface area contributed by atoms with Crippen LogP contribution in [0.5, 0.6) is 0 Å². The molecule has 0 aromatic rings. The molecule has 104 valence electrons. The molecule has 1 aliphatic heterocycles. The number of esters is 2. The first kappa shape index (κ1) is 14.9. The molecule has 0 aromatic heterocycles. The van der Waals surface area contributed by atoms with E-state index in [0.717, 1.165) is 0 Å². The van der Waals surface area contributed by atoms with E-state index in [2.05, 4.69) is 0 Å². The molecule has 1 fully saturated rings.